The van der Waals surface area contributed by atoms with Crippen LogP contribution >= 0.6 is 15.9 Å². The molecule has 3 N–H and O–H groups in total. The van der Waals surface area contributed by atoms with Crippen LogP contribution in [0.4, 0.5) is 4.39 Å². The molecule has 0 aliphatic rings. The maximum Gasteiger partial charge on any atom is 0.180 e. The summed E-state index contributed by atoms with van der Waals surface area (Å²) < 4.78 is 18.7. The molecular weight excluding hydrogens is 279 g/mol. The molecule has 0 radical (unpaired) electrons. The van der Waals surface area contributed by atoms with Crippen LogP contribution in [0.5, 0.6) is 5.75 Å². The Balaban J connectivity index is 2.82. The van der Waals surface area contributed by atoms with Crippen LogP contribution < -0.4 is 10.5 Å². The Hall–Kier alpha value is -1.30. The van der Waals surface area contributed by atoms with Crippen molar-refractivity contribution >= 4 is 21.8 Å². The first-order valence-electron chi connectivity index (χ1n) is 4.67. The van der Waals surface area contributed by atoms with Crippen molar-refractivity contribution in [1.29, 1.82) is 0 Å². The summed E-state index contributed by atoms with van der Waals surface area (Å²) in [6.07, 6.45) is 0.0209. The number of halogens is 2. The largest absolute Gasteiger partial charge is 0.482 e. The molecule has 1 unspecified atom stereocenters. The fourth-order valence-corrected chi connectivity index (χ4v) is 1.49. The molecule has 0 saturated heterocycles. The van der Waals surface area contributed by atoms with Gasteiger partial charge in [-0.15, -0.1) is 0 Å². The highest BCUT2D eigenvalue weighted by Gasteiger charge is 2.14. The molecular formula is C10H12BrFN2O2. The minimum absolute atomic E-state index is 0.0112. The summed E-state index contributed by atoms with van der Waals surface area (Å²) in [4.78, 5) is 0. The zero-order chi connectivity index (χ0) is 12.1. The maximum absolute atomic E-state index is 13.0. The normalized spacial score (nSPS) is 13.6. The van der Waals surface area contributed by atoms with Gasteiger partial charge in [0.25, 0.3) is 0 Å². The van der Waals surface area contributed by atoms with Gasteiger partial charge in [0.1, 0.15) is 11.6 Å². The highest BCUT2D eigenvalue weighted by atomic mass is 79.9. The Kier molecular flexibility index (Phi) is 4.54. The molecule has 1 atom stereocenters. The van der Waals surface area contributed by atoms with Gasteiger partial charge in [-0.25, -0.2) is 4.39 Å². The fourth-order valence-electron chi connectivity index (χ4n) is 1.13. The third-order valence-electron chi connectivity index (χ3n) is 1.99. The van der Waals surface area contributed by atoms with Crippen LogP contribution in [0.15, 0.2) is 27.8 Å². The molecule has 0 amide bonds. The van der Waals surface area contributed by atoms with E-state index >= 15 is 0 Å². The first-order valence-corrected chi connectivity index (χ1v) is 5.47. The van der Waals surface area contributed by atoms with E-state index in [1.54, 1.807) is 0 Å². The predicted molar refractivity (Wildman–Crippen MR) is 62.2 cm³/mol. The lowest BCUT2D eigenvalue weighted by Crippen LogP contribution is -2.33. The molecule has 0 fully saturated rings. The second kappa shape index (κ2) is 5.69. The second-order valence-corrected chi connectivity index (χ2v) is 3.97. The molecule has 1 rings (SSSR count). The zero-order valence-corrected chi connectivity index (χ0v) is 10.2. The first-order chi connectivity index (χ1) is 7.58. The molecule has 88 valence electrons. The van der Waals surface area contributed by atoms with Crippen LogP contribution in [0.2, 0.25) is 0 Å². The molecule has 0 aliphatic heterocycles. The lowest BCUT2D eigenvalue weighted by molar-refractivity contribution is 0.246. The van der Waals surface area contributed by atoms with Crippen LogP contribution in [-0.4, -0.2) is 17.1 Å². The van der Waals surface area contributed by atoms with Crippen molar-refractivity contribution in [2.24, 2.45) is 10.9 Å². The van der Waals surface area contributed by atoms with Crippen molar-refractivity contribution in [3.05, 3.63) is 28.5 Å². The average molecular weight is 291 g/mol. The van der Waals surface area contributed by atoms with Crippen molar-refractivity contribution in [1.82, 2.24) is 0 Å². The average Bonchev–Trinajstić information content (AvgIpc) is 2.29. The number of hydrogen-bond donors (Lipinski definition) is 2. The topological polar surface area (TPSA) is 67.8 Å². The highest BCUT2D eigenvalue weighted by Crippen LogP contribution is 2.22. The smallest absolute Gasteiger partial charge is 0.180 e. The molecule has 16 heavy (non-hydrogen) atoms. The van der Waals surface area contributed by atoms with E-state index in [0.717, 1.165) is 0 Å². The molecule has 6 heteroatoms. The van der Waals surface area contributed by atoms with Crippen molar-refractivity contribution < 1.29 is 14.3 Å². The van der Waals surface area contributed by atoms with Gasteiger partial charge in [0, 0.05) is 0 Å². The van der Waals surface area contributed by atoms with Gasteiger partial charge in [-0.1, -0.05) is 12.1 Å². The van der Waals surface area contributed by atoms with E-state index in [-0.39, 0.29) is 11.7 Å². The van der Waals surface area contributed by atoms with Gasteiger partial charge in [-0.3, -0.25) is 0 Å². The van der Waals surface area contributed by atoms with Crippen molar-refractivity contribution in [2.45, 2.75) is 19.4 Å². The monoisotopic (exact) mass is 290 g/mol. The molecule has 0 spiro atoms. The number of rotatable bonds is 4. The van der Waals surface area contributed by atoms with E-state index in [9.17, 15) is 4.39 Å². The maximum atomic E-state index is 13.0. The third kappa shape index (κ3) is 3.10. The van der Waals surface area contributed by atoms with E-state index in [2.05, 4.69) is 21.1 Å². The summed E-state index contributed by atoms with van der Waals surface area (Å²) in [5, 5.41) is 11.4. The Bertz CT molecular complexity index is 398. The van der Waals surface area contributed by atoms with Gasteiger partial charge >= 0.3 is 0 Å². The fraction of sp³-hybridized carbons (Fsp3) is 0.300. The van der Waals surface area contributed by atoms with Gasteiger partial charge in [0.2, 0.25) is 0 Å². The van der Waals surface area contributed by atoms with Crippen LogP contribution in [0, 0.1) is 5.82 Å². The Morgan fingerprint density at radius 1 is 1.69 bits per heavy atom. The number of benzene rings is 1. The summed E-state index contributed by atoms with van der Waals surface area (Å²) in [7, 11) is 0. The molecule has 0 heterocycles. The van der Waals surface area contributed by atoms with Crippen LogP contribution in [0.3, 0.4) is 0 Å². The van der Waals surface area contributed by atoms with Crippen LogP contribution in [0.25, 0.3) is 0 Å². The van der Waals surface area contributed by atoms with Gasteiger partial charge in [-0.05, 0) is 40.5 Å². The number of nitrogens with two attached hydrogens (primary N) is 1. The molecule has 0 aliphatic carbocycles. The van der Waals surface area contributed by atoms with Gasteiger partial charge in [0.15, 0.2) is 11.9 Å². The summed E-state index contributed by atoms with van der Waals surface area (Å²) in [5.74, 6) is 0.0684. The van der Waals surface area contributed by atoms with E-state index in [0.29, 0.717) is 16.6 Å². The van der Waals surface area contributed by atoms with Gasteiger partial charge < -0.3 is 15.7 Å². The quantitative estimate of drug-likeness (QED) is 0.387. The molecule has 0 aromatic heterocycles. The molecule has 1 aromatic carbocycles. The minimum atomic E-state index is -0.526. The minimum Gasteiger partial charge on any atom is -0.482 e. The lowest BCUT2D eigenvalue weighted by atomic mass is 10.2. The number of amidine groups is 1. The summed E-state index contributed by atoms with van der Waals surface area (Å²) in [5.41, 5.74) is 5.43. The van der Waals surface area contributed by atoms with E-state index in [1.165, 1.54) is 18.2 Å². The standard InChI is InChI=1S/C10H12BrFN2O2/c1-2-9(10(13)14-15)16-6-3-4-8(12)7(11)5-6/h3-5,9,15H,2H2,1H3,(H2,13,14). The van der Waals surface area contributed by atoms with E-state index in [4.69, 9.17) is 15.7 Å². The molecule has 0 saturated carbocycles. The van der Waals surface area contributed by atoms with Crippen LogP contribution in [-0.2, 0) is 0 Å². The molecule has 4 nitrogen and oxygen atoms in total. The predicted octanol–water partition coefficient (Wildman–Crippen LogP) is 2.49. The van der Waals surface area contributed by atoms with Crippen molar-refractivity contribution in [2.75, 3.05) is 0 Å². The summed E-state index contributed by atoms with van der Waals surface area (Å²) in [6.45, 7) is 1.83. The van der Waals surface area contributed by atoms with Gasteiger partial charge in [-0.2, -0.15) is 0 Å². The van der Waals surface area contributed by atoms with Gasteiger partial charge in [0.05, 0.1) is 4.47 Å². The summed E-state index contributed by atoms with van der Waals surface area (Å²) >= 11 is 3.05. The lowest BCUT2D eigenvalue weighted by Gasteiger charge is -2.16. The van der Waals surface area contributed by atoms with Crippen molar-refractivity contribution in [3.8, 4) is 5.75 Å². The number of hydrogen-bond acceptors (Lipinski definition) is 3. The third-order valence-corrected chi connectivity index (χ3v) is 2.59. The highest BCUT2D eigenvalue weighted by molar-refractivity contribution is 9.10. The zero-order valence-electron chi connectivity index (χ0n) is 8.65. The first kappa shape index (κ1) is 12.8. The van der Waals surface area contributed by atoms with E-state index < -0.39 is 6.10 Å². The van der Waals surface area contributed by atoms with Crippen molar-refractivity contribution in [3.63, 3.8) is 0 Å². The molecule has 1 aromatic rings. The SMILES string of the molecule is CCC(Oc1ccc(F)c(Br)c1)/C(N)=N/O. The van der Waals surface area contributed by atoms with E-state index in [1.807, 2.05) is 6.92 Å². The second-order valence-electron chi connectivity index (χ2n) is 3.12. The summed E-state index contributed by atoms with van der Waals surface area (Å²) in [6, 6.07) is 4.24. The Morgan fingerprint density at radius 3 is 2.88 bits per heavy atom. The Morgan fingerprint density at radius 2 is 2.38 bits per heavy atom. The number of nitrogens with zero attached hydrogens (tertiary/aromatic N) is 1. The number of oxime groups is 1. The van der Waals surface area contributed by atoms with Crippen LogP contribution in [0.1, 0.15) is 13.3 Å². The Labute approximate surface area is 101 Å². The molecule has 0 bridgehead atoms. The number of ether oxygens (including phenoxy) is 1.